The van der Waals surface area contributed by atoms with Gasteiger partial charge in [-0.1, -0.05) is 19.1 Å². The Hall–Kier alpha value is -1.79. The fourth-order valence-electron chi connectivity index (χ4n) is 3.91. The van der Waals surface area contributed by atoms with E-state index in [1.807, 2.05) is 19.2 Å². The molecule has 1 unspecified atom stereocenters. The summed E-state index contributed by atoms with van der Waals surface area (Å²) in [5, 5.41) is 3.64. The average Bonchev–Trinajstić information content (AvgIpc) is 2.73. The van der Waals surface area contributed by atoms with Crippen molar-refractivity contribution in [3.63, 3.8) is 0 Å². The SMILES string of the molecule is CN=C(NCC(c1ccc(OC)cc1)N1CCOCC1)N1CCC(C)CC1. The Balaban J connectivity index is 1.68. The van der Waals surface area contributed by atoms with E-state index in [0.29, 0.717) is 6.04 Å². The van der Waals surface area contributed by atoms with Gasteiger partial charge >= 0.3 is 0 Å². The van der Waals surface area contributed by atoms with Gasteiger partial charge in [0.25, 0.3) is 0 Å². The van der Waals surface area contributed by atoms with Gasteiger partial charge in [0.2, 0.25) is 0 Å². The summed E-state index contributed by atoms with van der Waals surface area (Å²) >= 11 is 0. The number of ether oxygens (including phenoxy) is 2. The highest BCUT2D eigenvalue weighted by Gasteiger charge is 2.24. The number of benzene rings is 1. The average molecular weight is 375 g/mol. The third-order valence-corrected chi connectivity index (χ3v) is 5.74. The molecule has 2 fully saturated rings. The lowest BCUT2D eigenvalue weighted by atomic mass is 9.99. The van der Waals surface area contributed by atoms with Crippen molar-refractivity contribution in [3.8, 4) is 5.75 Å². The van der Waals surface area contributed by atoms with Gasteiger partial charge < -0.3 is 19.7 Å². The molecule has 0 radical (unpaired) electrons. The smallest absolute Gasteiger partial charge is 0.193 e. The summed E-state index contributed by atoms with van der Waals surface area (Å²) in [5.74, 6) is 2.74. The summed E-state index contributed by atoms with van der Waals surface area (Å²) in [6.45, 7) is 8.86. The molecule has 1 N–H and O–H groups in total. The fraction of sp³-hybridized carbons (Fsp3) is 0.667. The molecule has 2 heterocycles. The largest absolute Gasteiger partial charge is 0.497 e. The van der Waals surface area contributed by atoms with Crippen LogP contribution in [-0.4, -0.2) is 75.9 Å². The van der Waals surface area contributed by atoms with Crippen LogP contribution in [0.1, 0.15) is 31.4 Å². The predicted octanol–water partition coefficient (Wildman–Crippen LogP) is 2.38. The van der Waals surface area contributed by atoms with Crippen molar-refractivity contribution >= 4 is 5.96 Å². The Labute approximate surface area is 163 Å². The molecule has 1 aromatic rings. The lowest BCUT2D eigenvalue weighted by Gasteiger charge is -2.37. The van der Waals surface area contributed by atoms with Crippen LogP contribution >= 0.6 is 0 Å². The van der Waals surface area contributed by atoms with Gasteiger partial charge in [-0.2, -0.15) is 0 Å². The molecule has 150 valence electrons. The minimum atomic E-state index is 0.292. The number of piperidine rings is 1. The van der Waals surface area contributed by atoms with Crippen molar-refractivity contribution in [1.29, 1.82) is 0 Å². The monoisotopic (exact) mass is 374 g/mol. The molecule has 1 atom stereocenters. The second-order valence-electron chi connectivity index (χ2n) is 7.53. The number of likely N-dealkylation sites (tertiary alicyclic amines) is 1. The molecule has 2 aliphatic rings. The maximum Gasteiger partial charge on any atom is 0.193 e. The normalized spacial score (nSPS) is 21.1. The molecule has 6 heteroatoms. The summed E-state index contributed by atoms with van der Waals surface area (Å²) in [6.07, 6.45) is 2.48. The summed E-state index contributed by atoms with van der Waals surface area (Å²) < 4.78 is 10.9. The summed E-state index contributed by atoms with van der Waals surface area (Å²) in [7, 11) is 3.59. The highest BCUT2D eigenvalue weighted by Crippen LogP contribution is 2.24. The highest BCUT2D eigenvalue weighted by molar-refractivity contribution is 5.80. The summed E-state index contributed by atoms with van der Waals surface area (Å²) in [5.41, 5.74) is 1.30. The molecule has 2 aliphatic heterocycles. The van der Waals surface area contributed by atoms with E-state index >= 15 is 0 Å². The van der Waals surface area contributed by atoms with Crippen LogP contribution < -0.4 is 10.1 Å². The Bertz CT molecular complexity index is 591. The number of methoxy groups -OCH3 is 1. The van der Waals surface area contributed by atoms with Gasteiger partial charge in [-0.3, -0.25) is 9.89 Å². The van der Waals surface area contributed by atoms with Crippen LogP contribution in [0.15, 0.2) is 29.3 Å². The molecule has 3 rings (SSSR count). The van der Waals surface area contributed by atoms with Crippen molar-refractivity contribution in [2.75, 3.05) is 60.1 Å². The van der Waals surface area contributed by atoms with Crippen LogP contribution in [0, 0.1) is 5.92 Å². The second kappa shape index (κ2) is 9.95. The topological polar surface area (TPSA) is 49.3 Å². The lowest BCUT2D eigenvalue weighted by Crippen LogP contribution is -2.49. The maximum absolute atomic E-state index is 5.56. The van der Waals surface area contributed by atoms with Crippen molar-refractivity contribution in [1.82, 2.24) is 15.1 Å². The van der Waals surface area contributed by atoms with Gasteiger partial charge in [0.1, 0.15) is 5.75 Å². The molecule has 0 amide bonds. The van der Waals surface area contributed by atoms with Gasteiger partial charge in [0.05, 0.1) is 26.4 Å². The van der Waals surface area contributed by atoms with Crippen LogP contribution in [0.3, 0.4) is 0 Å². The van der Waals surface area contributed by atoms with E-state index in [9.17, 15) is 0 Å². The van der Waals surface area contributed by atoms with Gasteiger partial charge in [0.15, 0.2) is 5.96 Å². The van der Waals surface area contributed by atoms with Crippen LogP contribution in [0.2, 0.25) is 0 Å². The van der Waals surface area contributed by atoms with E-state index in [2.05, 4.69) is 39.2 Å². The zero-order chi connectivity index (χ0) is 19.1. The van der Waals surface area contributed by atoms with Gasteiger partial charge in [0, 0.05) is 39.8 Å². The van der Waals surface area contributed by atoms with Gasteiger partial charge in [-0.25, -0.2) is 0 Å². The number of rotatable bonds is 5. The van der Waals surface area contributed by atoms with Crippen molar-refractivity contribution < 1.29 is 9.47 Å². The zero-order valence-corrected chi connectivity index (χ0v) is 17.0. The van der Waals surface area contributed by atoms with Gasteiger partial charge in [-0.15, -0.1) is 0 Å². The van der Waals surface area contributed by atoms with Crippen molar-refractivity contribution in [3.05, 3.63) is 29.8 Å². The first kappa shape index (κ1) is 20.0. The summed E-state index contributed by atoms with van der Waals surface area (Å²) in [4.78, 5) is 9.44. The van der Waals surface area contributed by atoms with E-state index in [0.717, 1.165) is 63.6 Å². The number of hydrogen-bond donors (Lipinski definition) is 1. The van der Waals surface area contributed by atoms with Crippen molar-refractivity contribution in [2.45, 2.75) is 25.8 Å². The minimum absolute atomic E-state index is 0.292. The maximum atomic E-state index is 5.56. The molecule has 0 saturated carbocycles. The Kier molecular flexibility index (Phi) is 7.35. The number of hydrogen-bond acceptors (Lipinski definition) is 4. The Morgan fingerprint density at radius 2 is 1.85 bits per heavy atom. The fourth-order valence-corrected chi connectivity index (χ4v) is 3.91. The van der Waals surface area contributed by atoms with Crippen LogP contribution in [-0.2, 0) is 4.74 Å². The molecule has 2 saturated heterocycles. The molecule has 27 heavy (non-hydrogen) atoms. The zero-order valence-electron chi connectivity index (χ0n) is 17.0. The lowest BCUT2D eigenvalue weighted by molar-refractivity contribution is 0.0168. The van der Waals surface area contributed by atoms with Crippen LogP contribution in [0.4, 0.5) is 0 Å². The van der Waals surface area contributed by atoms with E-state index in [1.54, 1.807) is 7.11 Å². The van der Waals surface area contributed by atoms with Gasteiger partial charge in [-0.05, 0) is 36.5 Å². The molecule has 1 aromatic carbocycles. The molecule has 0 spiro atoms. The van der Waals surface area contributed by atoms with Crippen LogP contribution in [0.5, 0.6) is 5.75 Å². The molecular formula is C21H34N4O2. The Morgan fingerprint density at radius 3 is 2.44 bits per heavy atom. The first-order valence-electron chi connectivity index (χ1n) is 10.1. The second-order valence-corrected chi connectivity index (χ2v) is 7.53. The van der Waals surface area contributed by atoms with E-state index in [-0.39, 0.29) is 0 Å². The third-order valence-electron chi connectivity index (χ3n) is 5.74. The molecule has 0 aromatic heterocycles. The Morgan fingerprint density at radius 1 is 1.19 bits per heavy atom. The van der Waals surface area contributed by atoms with Crippen molar-refractivity contribution in [2.24, 2.45) is 10.9 Å². The molecule has 0 aliphatic carbocycles. The highest BCUT2D eigenvalue weighted by atomic mass is 16.5. The summed E-state index contributed by atoms with van der Waals surface area (Å²) in [6, 6.07) is 8.73. The van der Waals surface area contributed by atoms with Crippen LogP contribution in [0.25, 0.3) is 0 Å². The standard InChI is InChI=1S/C21H34N4O2/c1-17-8-10-25(11-9-17)21(22-2)23-16-20(24-12-14-27-15-13-24)18-4-6-19(26-3)7-5-18/h4-7,17,20H,8-16H2,1-3H3,(H,22,23). The first-order chi connectivity index (χ1) is 13.2. The molecule has 0 bridgehead atoms. The quantitative estimate of drug-likeness (QED) is 0.633. The number of morpholine rings is 1. The molecular weight excluding hydrogens is 340 g/mol. The number of guanidine groups is 1. The van der Waals surface area contributed by atoms with E-state index in [4.69, 9.17) is 9.47 Å². The number of nitrogens with zero attached hydrogens (tertiary/aromatic N) is 3. The number of nitrogens with one attached hydrogen (secondary N) is 1. The minimum Gasteiger partial charge on any atom is -0.497 e. The van der Waals surface area contributed by atoms with E-state index in [1.165, 1.54) is 18.4 Å². The molecule has 6 nitrogen and oxygen atoms in total. The van der Waals surface area contributed by atoms with E-state index < -0.39 is 0 Å². The number of aliphatic imine (C=N–C) groups is 1. The first-order valence-corrected chi connectivity index (χ1v) is 10.1. The third kappa shape index (κ3) is 5.36. The predicted molar refractivity (Wildman–Crippen MR) is 109 cm³/mol.